The Morgan fingerprint density at radius 3 is 2.62 bits per heavy atom. The minimum absolute atomic E-state index is 0.0289. The predicted molar refractivity (Wildman–Crippen MR) is 58.9 cm³/mol. The molecule has 82 valence electrons. The van der Waals surface area contributed by atoms with E-state index in [-0.39, 0.29) is 22.9 Å². The Balaban J connectivity index is 2.30. The maximum atomic E-state index is 13.3. The summed E-state index contributed by atoms with van der Waals surface area (Å²) in [5, 5.41) is 2.60. The molecule has 2 aromatic rings. The number of nitrogens with two attached hydrogens (primary N) is 1. The normalized spacial score (nSPS) is 10.1. The molecule has 0 unspecified atom stereocenters. The summed E-state index contributed by atoms with van der Waals surface area (Å²) in [5.74, 6) is -0.348. The average Bonchev–Trinajstić information content (AvgIpc) is 2.20. The Labute approximate surface area is 95.5 Å². The average molecular weight is 240 g/mol. The first-order valence-corrected chi connectivity index (χ1v) is 4.71. The van der Waals surface area contributed by atoms with Crippen molar-refractivity contribution < 1.29 is 4.39 Å². The van der Waals surface area contributed by atoms with Gasteiger partial charge in [-0.15, -0.1) is 0 Å². The van der Waals surface area contributed by atoms with Crippen LogP contribution in [0.15, 0.2) is 24.3 Å². The number of hydrogen-bond acceptors (Lipinski definition) is 5. The van der Waals surface area contributed by atoms with Gasteiger partial charge in [-0.1, -0.05) is 12.1 Å². The summed E-state index contributed by atoms with van der Waals surface area (Å²) in [6.07, 6.45) is 0. The van der Waals surface area contributed by atoms with E-state index in [2.05, 4.69) is 20.3 Å². The van der Waals surface area contributed by atoms with Gasteiger partial charge in [0, 0.05) is 0 Å². The second kappa shape index (κ2) is 4.28. The number of nitrogens with one attached hydrogen (secondary N) is 1. The molecule has 0 radical (unpaired) electrons. The Bertz CT molecular complexity index is 499. The second-order valence-corrected chi connectivity index (χ2v) is 3.23. The first-order chi connectivity index (χ1) is 7.65. The predicted octanol–water partition coefficient (Wildman–Crippen LogP) is 1.99. The molecule has 0 aliphatic heterocycles. The molecule has 0 fully saturated rings. The third kappa shape index (κ3) is 2.34. The van der Waals surface area contributed by atoms with Gasteiger partial charge < -0.3 is 11.1 Å². The van der Waals surface area contributed by atoms with Crippen molar-refractivity contribution in [3.05, 3.63) is 35.4 Å². The fraction of sp³-hybridized carbons (Fsp3) is 0. The van der Waals surface area contributed by atoms with Crippen molar-refractivity contribution in [3.8, 4) is 0 Å². The summed E-state index contributed by atoms with van der Waals surface area (Å²) in [6, 6.07) is 6.12. The smallest absolute Gasteiger partial charge is 0.233 e. The maximum absolute atomic E-state index is 13.3. The second-order valence-electron chi connectivity index (χ2n) is 2.89. The molecule has 1 heterocycles. The van der Waals surface area contributed by atoms with E-state index in [0.29, 0.717) is 0 Å². The number of halogens is 2. The third-order valence-corrected chi connectivity index (χ3v) is 1.91. The van der Waals surface area contributed by atoms with Crippen molar-refractivity contribution in [3.63, 3.8) is 0 Å². The van der Waals surface area contributed by atoms with Crippen LogP contribution in [0, 0.1) is 5.82 Å². The lowest BCUT2D eigenvalue weighted by Crippen LogP contribution is -2.04. The van der Waals surface area contributed by atoms with Gasteiger partial charge >= 0.3 is 0 Å². The molecule has 3 N–H and O–H groups in total. The molecule has 2 rings (SSSR count). The first kappa shape index (κ1) is 10.6. The van der Waals surface area contributed by atoms with Crippen LogP contribution in [0.5, 0.6) is 0 Å². The highest BCUT2D eigenvalue weighted by Gasteiger charge is 2.05. The van der Waals surface area contributed by atoms with Crippen LogP contribution in [-0.2, 0) is 0 Å². The molecule has 0 saturated carbocycles. The number of anilines is 3. The molecule has 0 atom stereocenters. The van der Waals surface area contributed by atoms with Crippen LogP contribution in [0.3, 0.4) is 0 Å². The zero-order chi connectivity index (χ0) is 11.5. The zero-order valence-electron chi connectivity index (χ0n) is 7.98. The van der Waals surface area contributed by atoms with Gasteiger partial charge in [-0.2, -0.15) is 15.0 Å². The van der Waals surface area contributed by atoms with Crippen molar-refractivity contribution in [1.82, 2.24) is 15.0 Å². The van der Waals surface area contributed by atoms with Gasteiger partial charge in [-0.3, -0.25) is 0 Å². The van der Waals surface area contributed by atoms with Crippen LogP contribution in [0.25, 0.3) is 0 Å². The fourth-order valence-electron chi connectivity index (χ4n) is 1.10. The highest BCUT2D eigenvalue weighted by molar-refractivity contribution is 6.28. The van der Waals surface area contributed by atoms with E-state index in [1.807, 2.05) is 0 Å². The van der Waals surface area contributed by atoms with Gasteiger partial charge in [0.05, 0.1) is 5.69 Å². The highest BCUT2D eigenvalue weighted by atomic mass is 35.5. The van der Waals surface area contributed by atoms with Crippen LogP contribution < -0.4 is 11.1 Å². The van der Waals surface area contributed by atoms with Crippen molar-refractivity contribution in [2.24, 2.45) is 0 Å². The van der Waals surface area contributed by atoms with E-state index in [9.17, 15) is 4.39 Å². The molecule has 0 bridgehead atoms. The first-order valence-electron chi connectivity index (χ1n) is 4.34. The number of hydrogen-bond donors (Lipinski definition) is 2. The summed E-state index contributed by atoms with van der Waals surface area (Å²) in [5.41, 5.74) is 5.61. The van der Waals surface area contributed by atoms with E-state index in [4.69, 9.17) is 17.3 Å². The SMILES string of the molecule is Nc1nc(Cl)nc(Nc2ccccc2F)n1. The number of aromatic nitrogens is 3. The van der Waals surface area contributed by atoms with Crippen LogP contribution in [0.4, 0.5) is 22.0 Å². The van der Waals surface area contributed by atoms with Crippen LogP contribution >= 0.6 is 11.6 Å². The number of rotatable bonds is 2. The van der Waals surface area contributed by atoms with Crippen molar-refractivity contribution in [2.45, 2.75) is 0 Å². The summed E-state index contributed by atoms with van der Waals surface area (Å²) < 4.78 is 13.3. The Morgan fingerprint density at radius 2 is 1.94 bits per heavy atom. The lowest BCUT2D eigenvalue weighted by molar-refractivity contribution is 0.631. The standard InChI is InChI=1S/C9H7ClFN5/c10-7-14-8(12)16-9(15-7)13-6-4-2-1-3-5(6)11/h1-4H,(H3,12,13,14,15,16). The number of benzene rings is 1. The minimum atomic E-state index is -0.419. The molecule has 1 aromatic carbocycles. The molecule has 16 heavy (non-hydrogen) atoms. The topological polar surface area (TPSA) is 76.7 Å². The molecule has 0 spiro atoms. The minimum Gasteiger partial charge on any atom is -0.368 e. The molecule has 7 heteroatoms. The van der Waals surface area contributed by atoms with Gasteiger partial charge in [0.2, 0.25) is 17.2 Å². The lowest BCUT2D eigenvalue weighted by Gasteiger charge is -2.05. The summed E-state index contributed by atoms with van der Waals surface area (Å²) in [7, 11) is 0. The van der Waals surface area contributed by atoms with E-state index >= 15 is 0 Å². The lowest BCUT2D eigenvalue weighted by atomic mass is 10.3. The largest absolute Gasteiger partial charge is 0.368 e. The van der Waals surface area contributed by atoms with Gasteiger partial charge in [0.1, 0.15) is 5.82 Å². The van der Waals surface area contributed by atoms with Crippen molar-refractivity contribution >= 4 is 29.2 Å². The summed E-state index contributed by atoms with van der Waals surface area (Å²) in [4.78, 5) is 11.1. The van der Waals surface area contributed by atoms with E-state index in [0.717, 1.165) is 0 Å². The fourth-order valence-corrected chi connectivity index (χ4v) is 1.27. The quantitative estimate of drug-likeness (QED) is 0.838. The van der Waals surface area contributed by atoms with Gasteiger partial charge in [-0.05, 0) is 23.7 Å². The van der Waals surface area contributed by atoms with E-state index < -0.39 is 5.82 Å². The Morgan fingerprint density at radius 1 is 1.19 bits per heavy atom. The number of nitrogen functional groups attached to an aromatic ring is 1. The molecule has 1 aromatic heterocycles. The van der Waals surface area contributed by atoms with E-state index in [1.165, 1.54) is 6.07 Å². The molecule has 5 nitrogen and oxygen atoms in total. The van der Waals surface area contributed by atoms with Gasteiger partial charge in [0.25, 0.3) is 0 Å². The molecule has 0 saturated heterocycles. The van der Waals surface area contributed by atoms with Gasteiger partial charge in [-0.25, -0.2) is 4.39 Å². The highest BCUT2D eigenvalue weighted by Crippen LogP contribution is 2.17. The van der Waals surface area contributed by atoms with Crippen molar-refractivity contribution in [2.75, 3.05) is 11.1 Å². The summed E-state index contributed by atoms with van der Waals surface area (Å²) in [6.45, 7) is 0. The van der Waals surface area contributed by atoms with Crippen molar-refractivity contribution in [1.29, 1.82) is 0 Å². The summed E-state index contributed by atoms with van der Waals surface area (Å²) >= 11 is 5.58. The Hall–Kier alpha value is -1.95. The van der Waals surface area contributed by atoms with Crippen LogP contribution in [-0.4, -0.2) is 15.0 Å². The van der Waals surface area contributed by atoms with Crippen LogP contribution in [0.2, 0.25) is 5.28 Å². The monoisotopic (exact) mass is 239 g/mol. The van der Waals surface area contributed by atoms with Gasteiger partial charge in [0.15, 0.2) is 0 Å². The maximum Gasteiger partial charge on any atom is 0.233 e. The number of para-hydroxylation sites is 1. The molecular weight excluding hydrogens is 233 g/mol. The van der Waals surface area contributed by atoms with Crippen LogP contribution in [0.1, 0.15) is 0 Å². The molecular formula is C9H7ClFN5. The Kier molecular flexibility index (Phi) is 2.82. The molecule has 0 aliphatic rings. The third-order valence-electron chi connectivity index (χ3n) is 1.75. The molecule has 0 amide bonds. The van der Waals surface area contributed by atoms with E-state index in [1.54, 1.807) is 18.2 Å². The number of nitrogens with zero attached hydrogens (tertiary/aromatic N) is 3. The zero-order valence-corrected chi connectivity index (χ0v) is 8.74. The molecule has 0 aliphatic carbocycles.